The lowest BCUT2D eigenvalue weighted by Crippen LogP contribution is -1.97. The highest BCUT2D eigenvalue weighted by Gasteiger charge is 2.19. The Kier molecular flexibility index (Phi) is 6.77. The molecule has 0 bridgehead atoms. The maximum Gasteiger partial charge on any atom is 0.133 e. The second-order valence-corrected chi connectivity index (χ2v) is 7.17. The van der Waals surface area contributed by atoms with E-state index in [0.29, 0.717) is 0 Å². The van der Waals surface area contributed by atoms with Crippen LogP contribution in [0.4, 0.5) is 0 Å². The third-order valence-electron chi connectivity index (χ3n) is 3.48. The fraction of sp³-hybridized carbons (Fsp3) is 0.556. The highest BCUT2D eigenvalue weighted by Crippen LogP contribution is 2.45. The summed E-state index contributed by atoms with van der Waals surface area (Å²) in [4.78, 5) is 2.70. The summed E-state index contributed by atoms with van der Waals surface area (Å²) in [5.74, 6) is 2.11. The zero-order chi connectivity index (χ0) is 15.9. The molecule has 0 fully saturated rings. The molecular weight excluding hydrogens is 312 g/mol. The van der Waals surface area contributed by atoms with Crippen LogP contribution in [0.25, 0.3) is 9.75 Å². The molecule has 0 saturated heterocycles. The first-order valence-electron chi connectivity index (χ1n) is 8.17. The molecule has 0 radical (unpaired) electrons. The second-order valence-electron chi connectivity index (χ2n) is 5.41. The minimum absolute atomic E-state index is 0.786. The Labute approximate surface area is 142 Å². The highest BCUT2D eigenvalue weighted by atomic mass is 32.1. The maximum atomic E-state index is 5.94. The molecule has 0 aliphatic rings. The van der Waals surface area contributed by atoms with Crippen LogP contribution in [0.15, 0.2) is 10.8 Å². The first kappa shape index (κ1) is 17.4. The Hall–Kier alpha value is -1.00. The van der Waals surface area contributed by atoms with E-state index < -0.39 is 0 Å². The lowest BCUT2D eigenvalue weighted by Gasteiger charge is -2.08. The van der Waals surface area contributed by atoms with Crippen LogP contribution in [-0.2, 0) is 6.42 Å². The standard InChI is InChI=1S/C18H26O2S2/c1-5-8-14-16(20-10-7-3)12-22-18(14)17-13(4)15(11-21-17)19-9-6-2/h11-12H,5-10H2,1-4H3. The molecule has 0 aliphatic carbocycles. The largest absolute Gasteiger partial charge is 0.492 e. The molecule has 0 spiro atoms. The molecule has 0 saturated carbocycles. The van der Waals surface area contributed by atoms with E-state index in [0.717, 1.165) is 50.4 Å². The van der Waals surface area contributed by atoms with Gasteiger partial charge in [-0.15, -0.1) is 22.7 Å². The van der Waals surface area contributed by atoms with Gasteiger partial charge < -0.3 is 9.47 Å². The van der Waals surface area contributed by atoms with E-state index in [1.54, 1.807) is 22.7 Å². The zero-order valence-electron chi connectivity index (χ0n) is 14.0. The molecule has 122 valence electrons. The minimum Gasteiger partial charge on any atom is -0.492 e. The lowest BCUT2D eigenvalue weighted by atomic mass is 10.1. The quantitative estimate of drug-likeness (QED) is 0.533. The van der Waals surface area contributed by atoms with Crippen molar-refractivity contribution in [1.82, 2.24) is 0 Å². The van der Waals surface area contributed by atoms with Crippen molar-refractivity contribution >= 4 is 22.7 Å². The minimum atomic E-state index is 0.786. The van der Waals surface area contributed by atoms with Crippen molar-refractivity contribution in [3.63, 3.8) is 0 Å². The van der Waals surface area contributed by atoms with Gasteiger partial charge in [0.05, 0.1) is 23.0 Å². The van der Waals surface area contributed by atoms with Crippen molar-refractivity contribution in [2.24, 2.45) is 0 Å². The summed E-state index contributed by atoms with van der Waals surface area (Å²) in [5.41, 5.74) is 2.63. The van der Waals surface area contributed by atoms with Crippen LogP contribution in [0.1, 0.15) is 51.2 Å². The molecule has 0 N–H and O–H groups in total. The van der Waals surface area contributed by atoms with Crippen molar-refractivity contribution in [3.05, 3.63) is 21.9 Å². The average molecular weight is 339 g/mol. The SMILES string of the molecule is CCCOc1csc(-c2scc(OCCC)c2CCC)c1C. The van der Waals surface area contributed by atoms with Crippen molar-refractivity contribution in [2.45, 2.75) is 53.4 Å². The van der Waals surface area contributed by atoms with Crippen LogP contribution in [0, 0.1) is 6.92 Å². The van der Waals surface area contributed by atoms with Crippen LogP contribution in [0.3, 0.4) is 0 Å². The van der Waals surface area contributed by atoms with Gasteiger partial charge in [-0.3, -0.25) is 0 Å². The topological polar surface area (TPSA) is 18.5 Å². The third kappa shape index (κ3) is 3.85. The Morgan fingerprint density at radius 2 is 1.41 bits per heavy atom. The molecule has 2 nitrogen and oxygen atoms in total. The average Bonchev–Trinajstić information content (AvgIpc) is 3.07. The van der Waals surface area contributed by atoms with Gasteiger partial charge in [-0.2, -0.15) is 0 Å². The van der Waals surface area contributed by atoms with Gasteiger partial charge in [-0.05, 0) is 26.2 Å². The number of rotatable bonds is 9. The number of hydrogen-bond acceptors (Lipinski definition) is 4. The Morgan fingerprint density at radius 1 is 0.818 bits per heavy atom. The smallest absolute Gasteiger partial charge is 0.133 e. The maximum absolute atomic E-state index is 5.94. The summed E-state index contributed by atoms with van der Waals surface area (Å²) in [6.45, 7) is 10.3. The predicted octanol–water partition coefficient (Wildman–Crippen LogP) is 6.32. The predicted molar refractivity (Wildman–Crippen MR) is 97.9 cm³/mol. The van der Waals surface area contributed by atoms with Crippen LogP contribution in [-0.4, -0.2) is 13.2 Å². The first-order valence-corrected chi connectivity index (χ1v) is 9.93. The molecule has 2 aromatic heterocycles. The van der Waals surface area contributed by atoms with Crippen molar-refractivity contribution in [1.29, 1.82) is 0 Å². The molecule has 2 rings (SSSR count). The van der Waals surface area contributed by atoms with E-state index in [1.165, 1.54) is 20.9 Å². The summed E-state index contributed by atoms with van der Waals surface area (Å²) in [5, 5.41) is 4.31. The van der Waals surface area contributed by atoms with Crippen LogP contribution >= 0.6 is 22.7 Å². The number of thiophene rings is 2. The first-order chi connectivity index (χ1) is 10.7. The fourth-order valence-corrected chi connectivity index (χ4v) is 4.66. The summed E-state index contributed by atoms with van der Waals surface area (Å²) in [6.07, 6.45) is 4.29. The van der Waals surface area contributed by atoms with Crippen molar-refractivity contribution in [2.75, 3.05) is 13.2 Å². The van der Waals surface area contributed by atoms with E-state index in [1.807, 2.05) is 0 Å². The van der Waals surface area contributed by atoms with E-state index in [9.17, 15) is 0 Å². The van der Waals surface area contributed by atoms with Gasteiger partial charge in [0.2, 0.25) is 0 Å². The summed E-state index contributed by atoms with van der Waals surface area (Å²) >= 11 is 3.59. The molecule has 0 aromatic carbocycles. The van der Waals surface area contributed by atoms with Crippen LogP contribution < -0.4 is 9.47 Å². The lowest BCUT2D eigenvalue weighted by molar-refractivity contribution is 0.315. The van der Waals surface area contributed by atoms with Gasteiger partial charge in [0.15, 0.2) is 0 Å². The van der Waals surface area contributed by atoms with Gasteiger partial charge >= 0.3 is 0 Å². The van der Waals surface area contributed by atoms with Gasteiger partial charge in [-0.25, -0.2) is 0 Å². The van der Waals surface area contributed by atoms with E-state index in [2.05, 4.69) is 38.5 Å². The van der Waals surface area contributed by atoms with Crippen LogP contribution in [0.5, 0.6) is 11.5 Å². The highest BCUT2D eigenvalue weighted by molar-refractivity contribution is 7.21. The molecule has 2 aromatic rings. The summed E-state index contributed by atoms with van der Waals surface area (Å²) in [6, 6.07) is 0. The number of ether oxygens (including phenoxy) is 2. The third-order valence-corrected chi connectivity index (χ3v) is 5.70. The van der Waals surface area contributed by atoms with E-state index >= 15 is 0 Å². The Balaban J connectivity index is 2.31. The second kappa shape index (κ2) is 8.59. The molecule has 0 amide bonds. The van der Waals surface area contributed by atoms with Crippen molar-refractivity contribution < 1.29 is 9.47 Å². The van der Waals surface area contributed by atoms with E-state index in [4.69, 9.17) is 9.47 Å². The molecular formula is C18H26O2S2. The van der Waals surface area contributed by atoms with E-state index in [-0.39, 0.29) is 0 Å². The molecule has 0 atom stereocenters. The molecule has 2 heterocycles. The fourth-order valence-electron chi connectivity index (χ4n) is 2.36. The van der Waals surface area contributed by atoms with Crippen molar-refractivity contribution in [3.8, 4) is 21.3 Å². The van der Waals surface area contributed by atoms with Gasteiger partial charge in [0, 0.05) is 21.9 Å². The van der Waals surface area contributed by atoms with Crippen LogP contribution in [0.2, 0.25) is 0 Å². The number of hydrogen-bond donors (Lipinski definition) is 0. The summed E-state index contributed by atoms with van der Waals surface area (Å²) in [7, 11) is 0. The normalized spacial score (nSPS) is 10.9. The Morgan fingerprint density at radius 3 is 2.05 bits per heavy atom. The monoisotopic (exact) mass is 338 g/mol. The molecule has 0 aliphatic heterocycles. The zero-order valence-corrected chi connectivity index (χ0v) is 15.7. The molecule has 0 unspecified atom stereocenters. The van der Waals surface area contributed by atoms with Gasteiger partial charge in [-0.1, -0.05) is 27.2 Å². The van der Waals surface area contributed by atoms with Gasteiger partial charge in [0.25, 0.3) is 0 Å². The molecule has 22 heavy (non-hydrogen) atoms. The molecule has 4 heteroatoms. The summed E-state index contributed by atoms with van der Waals surface area (Å²) < 4.78 is 11.8. The van der Waals surface area contributed by atoms with Gasteiger partial charge in [0.1, 0.15) is 11.5 Å². The Bertz CT molecular complexity index is 584.